The predicted octanol–water partition coefficient (Wildman–Crippen LogP) is 1.80. The van der Waals surface area contributed by atoms with Crippen molar-refractivity contribution in [1.29, 1.82) is 0 Å². The van der Waals surface area contributed by atoms with E-state index in [1.54, 1.807) is 7.11 Å². The summed E-state index contributed by atoms with van der Waals surface area (Å²) in [5.74, 6) is -0.0285. The smallest absolute Gasteiger partial charge is 0.241 e. The highest BCUT2D eigenvalue weighted by atomic mass is 35.5. The maximum absolute atomic E-state index is 12.1. The normalized spacial score (nSPS) is 16.2. The van der Waals surface area contributed by atoms with Crippen LogP contribution in [0.5, 0.6) is 0 Å². The molecule has 1 heterocycles. The van der Waals surface area contributed by atoms with Crippen LogP contribution in [-0.4, -0.2) is 61.6 Å². The Kier molecular flexibility index (Phi) is 10.8. The number of nitrogens with two attached hydrogens (primary N) is 1. The summed E-state index contributed by atoms with van der Waals surface area (Å²) in [6.07, 6.45) is 0. The minimum Gasteiger partial charge on any atom is -0.383 e. The first-order chi connectivity index (χ1) is 10.1. The third-order valence-corrected chi connectivity index (χ3v) is 3.88. The molecule has 0 aliphatic carbocycles. The summed E-state index contributed by atoms with van der Waals surface area (Å²) in [7, 11) is 1.55. The molecule has 1 aliphatic heterocycles. The zero-order valence-corrected chi connectivity index (χ0v) is 15.5. The molecule has 1 aromatic carbocycles. The maximum Gasteiger partial charge on any atom is 0.241 e. The van der Waals surface area contributed by atoms with Gasteiger partial charge in [-0.2, -0.15) is 0 Å². The molecular formula is C15H24Cl3N3O2. The molecule has 23 heavy (non-hydrogen) atoms. The molecule has 0 saturated carbocycles. The van der Waals surface area contributed by atoms with Crippen LogP contribution in [0.4, 0.5) is 0 Å². The number of benzene rings is 1. The molecule has 2 N–H and O–H groups in total. The lowest BCUT2D eigenvalue weighted by Gasteiger charge is -2.35. The van der Waals surface area contributed by atoms with Crippen molar-refractivity contribution in [1.82, 2.24) is 9.80 Å². The van der Waals surface area contributed by atoms with Gasteiger partial charge in [0.05, 0.1) is 6.61 Å². The van der Waals surface area contributed by atoms with Crippen LogP contribution < -0.4 is 5.73 Å². The second-order valence-electron chi connectivity index (χ2n) is 5.29. The largest absolute Gasteiger partial charge is 0.383 e. The monoisotopic (exact) mass is 383 g/mol. The first kappa shape index (κ1) is 22.4. The first-order valence-electron chi connectivity index (χ1n) is 7.10. The fourth-order valence-electron chi connectivity index (χ4n) is 2.51. The van der Waals surface area contributed by atoms with Crippen LogP contribution in [0, 0.1) is 0 Å². The first-order valence-corrected chi connectivity index (χ1v) is 7.48. The Hall–Kier alpha value is -0.560. The zero-order valence-electron chi connectivity index (χ0n) is 13.1. The Balaban J connectivity index is 0.00000242. The maximum atomic E-state index is 12.1. The lowest BCUT2D eigenvalue weighted by Crippen LogP contribution is -2.53. The molecule has 1 aromatic rings. The second kappa shape index (κ2) is 11.1. The Morgan fingerprint density at radius 1 is 1.30 bits per heavy atom. The molecule has 1 atom stereocenters. The molecule has 1 amide bonds. The second-order valence-corrected chi connectivity index (χ2v) is 5.73. The average Bonchev–Trinajstić information content (AvgIpc) is 2.47. The van der Waals surface area contributed by atoms with Gasteiger partial charge in [0, 0.05) is 44.9 Å². The summed E-state index contributed by atoms with van der Waals surface area (Å²) in [4.78, 5) is 16.2. The van der Waals surface area contributed by atoms with Crippen molar-refractivity contribution in [2.75, 3.05) is 39.9 Å². The van der Waals surface area contributed by atoms with Crippen molar-refractivity contribution in [3.63, 3.8) is 0 Å². The minimum atomic E-state index is -0.561. The van der Waals surface area contributed by atoms with Crippen molar-refractivity contribution < 1.29 is 9.53 Å². The van der Waals surface area contributed by atoms with Crippen LogP contribution >= 0.6 is 36.4 Å². The average molecular weight is 385 g/mol. The van der Waals surface area contributed by atoms with Crippen molar-refractivity contribution in [3.05, 3.63) is 34.9 Å². The van der Waals surface area contributed by atoms with E-state index in [4.69, 9.17) is 22.1 Å². The van der Waals surface area contributed by atoms with Crippen LogP contribution in [0.3, 0.4) is 0 Å². The predicted molar refractivity (Wildman–Crippen MR) is 97.7 cm³/mol. The van der Waals surface area contributed by atoms with E-state index in [-0.39, 0.29) is 37.3 Å². The molecule has 8 heteroatoms. The van der Waals surface area contributed by atoms with E-state index in [0.717, 1.165) is 24.7 Å². The lowest BCUT2D eigenvalue weighted by molar-refractivity contribution is -0.135. The Morgan fingerprint density at radius 3 is 2.52 bits per heavy atom. The van der Waals surface area contributed by atoms with Crippen molar-refractivity contribution in [2.45, 2.75) is 12.6 Å². The van der Waals surface area contributed by atoms with Gasteiger partial charge >= 0.3 is 0 Å². The van der Waals surface area contributed by atoms with E-state index in [2.05, 4.69) is 11.0 Å². The number of hydrogen-bond donors (Lipinski definition) is 1. The van der Waals surface area contributed by atoms with Gasteiger partial charge in [-0.15, -0.1) is 24.8 Å². The topological polar surface area (TPSA) is 58.8 Å². The summed E-state index contributed by atoms with van der Waals surface area (Å²) in [5.41, 5.74) is 6.98. The van der Waals surface area contributed by atoms with Gasteiger partial charge in [-0.1, -0.05) is 23.7 Å². The van der Waals surface area contributed by atoms with Crippen molar-refractivity contribution >= 4 is 42.3 Å². The number of rotatable bonds is 5. The van der Waals surface area contributed by atoms with Gasteiger partial charge in [0.1, 0.15) is 6.04 Å². The zero-order chi connectivity index (χ0) is 15.2. The van der Waals surface area contributed by atoms with Gasteiger partial charge in [-0.3, -0.25) is 9.69 Å². The molecule has 0 bridgehead atoms. The summed E-state index contributed by atoms with van der Waals surface area (Å²) in [6.45, 7) is 4.22. The highest BCUT2D eigenvalue weighted by molar-refractivity contribution is 6.30. The number of carbonyl (C=O) groups excluding carboxylic acids is 1. The summed E-state index contributed by atoms with van der Waals surface area (Å²) < 4.78 is 4.93. The Bertz CT molecular complexity index is 483. The van der Waals surface area contributed by atoms with Crippen molar-refractivity contribution in [2.24, 2.45) is 5.73 Å². The molecule has 0 radical (unpaired) electrons. The van der Waals surface area contributed by atoms with Crippen LogP contribution in [-0.2, 0) is 16.1 Å². The number of nitrogens with zero attached hydrogens (tertiary/aromatic N) is 2. The number of methoxy groups -OCH3 is 1. The van der Waals surface area contributed by atoms with Gasteiger partial charge in [-0.05, 0) is 17.7 Å². The van der Waals surface area contributed by atoms with E-state index in [1.807, 2.05) is 23.1 Å². The number of hydrogen-bond acceptors (Lipinski definition) is 4. The van der Waals surface area contributed by atoms with Gasteiger partial charge in [0.25, 0.3) is 0 Å². The molecule has 1 aliphatic rings. The number of amides is 1. The minimum absolute atomic E-state index is 0. The molecule has 0 aromatic heterocycles. The number of piperazine rings is 1. The van der Waals surface area contributed by atoms with E-state index >= 15 is 0 Å². The molecule has 132 valence electrons. The Morgan fingerprint density at radius 2 is 1.96 bits per heavy atom. The van der Waals surface area contributed by atoms with E-state index in [0.29, 0.717) is 13.1 Å². The fourth-order valence-corrected chi connectivity index (χ4v) is 2.72. The standard InChI is InChI=1S/C15H22ClN3O2.2ClH/c1-21-11-14(17)15(20)19-7-5-18(6-8-19)10-12-3-2-4-13(16)9-12;;/h2-4,9,14H,5-8,10-11,17H2,1H3;2*1H. The quantitative estimate of drug-likeness (QED) is 0.841. The van der Waals surface area contributed by atoms with Crippen LogP contribution in [0.15, 0.2) is 24.3 Å². The Labute approximate surface area is 154 Å². The molecule has 0 spiro atoms. The van der Waals surface area contributed by atoms with E-state index < -0.39 is 6.04 Å². The van der Waals surface area contributed by atoms with Gasteiger partial charge < -0.3 is 15.4 Å². The SMILES string of the molecule is COCC(N)C(=O)N1CCN(Cc2cccc(Cl)c2)CC1.Cl.Cl. The highest BCUT2D eigenvalue weighted by Crippen LogP contribution is 2.14. The van der Waals surface area contributed by atoms with E-state index in [1.165, 1.54) is 5.56 Å². The van der Waals surface area contributed by atoms with Gasteiger partial charge in [-0.25, -0.2) is 0 Å². The van der Waals surface area contributed by atoms with Crippen LogP contribution in [0.25, 0.3) is 0 Å². The molecule has 1 fully saturated rings. The molecule has 5 nitrogen and oxygen atoms in total. The van der Waals surface area contributed by atoms with E-state index in [9.17, 15) is 4.79 Å². The lowest BCUT2D eigenvalue weighted by atomic mass is 10.2. The number of halogens is 3. The number of ether oxygens (including phenoxy) is 1. The molecule has 2 rings (SSSR count). The molecule has 1 saturated heterocycles. The van der Waals surface area contributed by atoms with Crippen LogP contribution in [0.1, 0.15) is 5.56 Å². The van der Waals surface area contributed by atoms with Gasteiger partial charge in [0.15, 0.2) is 0 Å². The highest BCUT2D eigenvalue weighted by Gasteiger charge is 2.25. The molecule has 1 unspecified atom stereocenters. The summed E-state index contributed by atoms with van der Waals surface area (Å²) in [6, 6.07) is 7.32. The summed E-state index contributed by atoms with van der Waals surface area (Å²) in [5, 5.41) is 0.756. The molecular weight excluding hydrogens is 361 g/mol. The third kappa shape index (κ3) is 6.83. The number of carbonyl (C=O) groups is 1. The van der Waals surface area contributed by atoms with Crippen LogP contribution in [0.2, 0.25) is 5.02 Å². The van der Waals surface area contributed by atoms with Crippen molar-refractivity contribution in [3.8, 4) is 0 Å². The van der Waals surface area contributed by atoms with Gasteiger partial charge in [0.2, 0.25) is 5.91 Å². The fraction of sp³-hybridized carbons (Fsp3) is 0.533. The third-order valence-electron chi connectivity index (χ3n) is 3.64. The summed E-state index contributed by atoms with van der Waals surface area (Å²) >= 11 is 5.99.